The van der Waals surface area contributed by atoms with Crippen LogP contribution in [-0.4, -0.2) is 70.0 Å². The molecular weight excluding hydrogens is 272 g/mol. The van der Waals surface area contributed by atoms with E-state index < -0.39 is 30.5 Å². The number of ether oxygens (including phenoxy) is 1. The van der Waals surface area contributed by atoms with Crippen LogP contribution in [0.15, 0.2) is 0 Å². The lowest BCUT2D eigenvalue weighted by Crippen LogP contribution is -2.63. The molecule has 0 amide bonds. The number of aliphatic hydroxyl groups is 3. The monoisotopic (exact) mass is 304 g/mol. The smallest absolute Gasteiger partial charge is 0.111 e. The van der Waals surface area contributed by atoms with Crippen molar-refractivity contribution < 1.29 is 20.1 Å². The molecule has 1 aliphatic rings. The average Bonchev–Trinajstić information content (AvgIpc) is 2.31. The van der Waals surface area contributed by atoms with Crippen molar-refractivity contribution >= 4 is 0 Å². The van der Waals surface area contributed by atoms with Crippen LogP contribution in [0, 0.1) is 0 Å². The van der Waals surface area contributed by atoms with Gasteiger partial charge in [0.15, 0.2) is 0 Å². The Balaban J connectivity index is 2.64. The van der Waals surface area contributed by atoms with Crippen LogP contribution in [0.3, 0.4) is 0 Å². The fourth-order valence-electron chi connectivity index (χ4n) is 2.18. The van der Waals surface area contributed by atoms with Gasteiger partial charge in [-0.25, -0.2) is 0 Å². The van der Waals surface area contributed by atoms with Gasteiger partial charge in [-0.2, -0.15) is 0 Å². The van der Waals surface area contributed by atoms with Crippen LogP contribution in [-0.2, 0) is 4.74 Å². The maximum atomic E-state index is 10.1. The minimum Gasteiger partial charge on any atom is -0.388 e. The van der Waals surface area contributed by atoms with Crippen molar-refractivity contribution in [2.75, 3.05) is 13.1 Å². The summed E-state index contributed by atoms with van der Waals surface area (Å²) in [6.07, 6.45) is -4.48. The molecule has 0 saturated carbocycles. The third kappa shape index (κ3) is 6.18. The predicted molar refractivity (Wildman–Crippen MR) is 82.2 cm³/mol. The normalized spacial score (nSPS) is 35.0. The molecule has 0 aromatic rings. The van der Waals surface area contributed by atoms with Crippen molar-refractivity contribution in [1.29, 1.82) is 0 Å². The van der Waals surface area contributed by atoms with Crippen LogP contribution < -0.4 is 10.6 Å². The highest BCUT2D eigenvalue weighted by molar-refractivity contribution is 4.95. The highest BCUT2D eigenvalue weighted by Crippen LogP contribution is 2.21. The average molecular weight is 304 g/mol. The van der Waals surface area contributed by atoms with E-state index in [1.165, 1.54) is 0 Å². The molecule has 1 heterocycles. The molecule has 1 rings (SSSR count). The Bertz CT molecular complexity index is 295. The molecule has 0 spiro atoms. The van der Waals surface area contributed by atoms with E-state index in [-0.39, 0.29) is 11.1 Å². The van der Waals surface area contributed by atoms with Gasteiger partial charge in [0, 0.05) is 24.2 Å². The predicted octanol–water partition coefficient (Wildman–Crippen LogP) is -0.387. The summed E-state index contributed by atoms with van der Waals surface area (Å²) in [7, 11) is 0. The zero-order chi connectivity index (χ0) is 16.4. The Kier molecular flexibility index (Phi) is 6.17. The second-order valence-electron chi connectivity index (χ2n) is 7.95. The summed E-state index contributed by atoms with van der Waals surface area (Å²) in [6.45, 7) is 13.0. The Morgan fingerprint density at radius 2 is 1.05 bits per heavy atom. The van der Waals surface area contributed by atoms with Crippen LogP contribution in [0.2, 0.25) is 0 Å². The summed E-state index contributed by atoms with van der Waals surface area (Å²) in [5.41, 5.74) is -0.216. The van der Waals surface area contributed by atoms with E-state index >= 15 is 0 Å². The lowest BCUT2D eigenvalue weighted by atomic mass is 9.93. The van der Waals surface area contributed by atoms with Gasteiger partial charge in [-0.3, -0.25) is 0 Å². The molecule has 5 atom stereocenters. The standard InChI is InChI=1S/C15H32N2O4/c1-14(2,3)16-7-9-11(18)13(20)12(19)10(21-9)8-17-15(4,5)6/h9-13,16-20H,7-8H2,1-6H3/t9-,10+,11-,12+,13?. The maximum absolute atomic E-state index is 10.1. The van der Waals surface area contributed by atoms with E-state index in [4.69, 9.17) is 4.74 Å². The van der Waals surface area contributed by atoms with Crippen molar-refractivity contribution in [1.82, 2.24) is 10.6 Å². The largest absolute Gasteiger partial charge is 0.388 e. The molecule has 0 aromatic heterocycles. The van der Waals surface area contributed by atoms with Crippen molar-refractivity contribution in [3.63, 3.8) is 0 Å². The van der Waals surface area contributed by atoms with Gasteiger partial charge in [0.05, 0.1) is 12.2 Å². The van der Waals surface area contributed by atoms with Crippen molar-refractivity contribution in [2.45, 2.75) is 83.1 Å². The number of hydrogen-bond acceptors (Lipinski definition) is 6. The minimum absolute atomic E-state index is 0.108. The molecule has 21 heavy (non-hydrogen) atoms. The Morgan fingerprint density at radius 3 is 1.33 bits per heavy atom. The second-order valence-corrected chi connectivity index (χ2v) is 7.95. The minimum atomic E-state index is -1.20. The summed E-state index contributed by atoms with van der Waals surface area (Å²) in [5.74, 6) is 0. The van der Waals surface area contributed by atoms with E-state index in [1.54, 1.807) is 0 Å². The molecular formula is C15H32N2O4. The molecule has 0 aliphatic carbocycles. The van der Waals surface area contributed by atoms with Gasteiger partial charge in [-0.15, -0.1) is 0 Å². The van der Waals surface area contributed by atoms with E-state index in [0.29, 0.717) is 13.1 Å². The summed E-state index contributed by atoms with van der Waals surface area (Å²) in [5, 5.41) is 36.6. The van der Waals surface area contributed by atoms with E-state index in [1.807, 2.05) is 41.5 Å². The highest BCUT2D eigenvalue weighted by atomic mass is 16.5. The molecule has 0 radical (unpaired) electrons. The maximum Gasteiger partial charge on any atom is 0.111 e. The third-order valence-electron chi connectivity index (χ3n) is 3.48. The van der Waals surface area contributed by atoms with Gasteiger partial charge < -0.3 is 30.7 Å². The Hall–Kier alpha value is -0.240. The quantitative estimate of drug-likeness (QED) is 0.486. The van der Waals surface area contributed by atoms with Crippen LogP contribution in [0.5, 0.6) is 0 Å². The first-order chi connectivity index (χ1) is 9.41. The molecule has 5 N–H and O–H groups in total. The molecule has 1 fully saturated rings. The summed E-state index contributed by atoms with van der Waals surface area (Å²) >= 11 is 0. The molecule has 1 aliphatic heterocycles. The Labute approximate surface area is 127 Å². The fourth-order valence-corrected chi connectivity index (χ4v) is 2.18. The van der Waals surface area contributed by atoms with Crippen LogP contribution >= 0.6 is 0 Å². The number of hydrogen-bond donors (Lipinski definition) is 5. The SMILES string of the molecule is CC(C)(C)NC[C@@H]1O[C@H](CNC(C)(C)C)[C@@H](O)C(O)[C@H]1O. The third-order valence-corrected chi connectivity index (χ3v) is 3.48. The van der Waals surface area contributed by atoms with Gasteiger partial charge in [0.2, 0.25) is 0 Å². The Morgan fingerprint density at radius 1 is 0.714 bits per heavy atom. The number of aliphatic hydroxyl groups excluding tert-OH is 3. The van der Waals surface area contributed by atoms with Crippen LogP contribution in [0.1, 0.15) is 41.5 Å². The number of nitrogens with one attached hydrogen (secondary N) is 2. The van der Waals surface area contributed by atoms with Crippen molar-refractivity contribution in [2.24, 2.45) is 0 Å². The van der Waals surface area contributed by atoms with E-state index in [0.717, 1.165) is 0 Å². The molecule has 126 valence electrons. The molecule has 6 heteroatoms. The van der Waals surface area contributed by atoms with Gasteiger partial charge >= 0.3 is 0 Å². The first kappa shape index (κ1) is 18.8. The molecule has 1 saturated heterocycles. The van der Waals surface area contributed by atoms with Crippen LogP contribution in [0.4, 0.5) is 0 Å². The first-order valence-corrected chi connectivity index (χ1v) is 7.60. The van der Waals surface area contributed by atoms with Gasteiger partial charge in [-0.05, 0) is 41.5 Å². The second kappa shape index (κ2) is 6.89. The zero-order valence-electron chi connectivity index (χ0n) is 14.1. The van der Waals surface area contributed by atoms with Gasteiger partial charge in [0.25, 0.3) is 0 Å². The van der Waals surface area contributed by atoms with E-state index in [2.05, 4.69) is 10.6 Å². The lowest BCUT2D eigenvalue weighted by molar-refractivity contribution is -0.220. The van der Waals surface area contributed by atoms with E-state index in [9.17, 15) is 15.3 Å². The first-order valence-electron chi connectivity index (χ1n) is 7.60. The number of rotatable bonds is 4. The van der Waals surface area contributed by atoms with Crippen molar-refractivity contribution in [3.05, 3.63) is 0 Å². The van der Waals surface area contributed by atoms with Gasteiger partial charge in [0.1, 0.15) is 18.3 Å². The molecule has 1 unspecified atom stereocenters. The van der Waals surface area contributed by atoms with Gasteiger partial charge in [-0.1, -0.05) is 0 Å². The lowest BCUT2D eigenvalue weighted by Gasteiger charge is -2.42. The van der Waals surface area contributed by atoms with Crippen molar-refractivity contribution in [3.8, 4) is 0 Å². The highest BCUT2D eigenvalue weighted by Gasteiger charge is 2.43. The zero-order valence-corrected chi connectivity index (χ0v) is 14.1. The summed E-state index contributed by atoms with van der Waals surface area (Å²) in [4.78, 5) is 0. The molecule has 6 nitrogen and oxygen atoms in total. The van der Waals surface area contributed by atoms with Crippen LogP contribution in [0.25, 0.3) is 0 Å². The summed E-state index contributed by atoms with van der Waals surface area (Å²) < 4.78 is 5.79. The molecule has 0 aromatic carbocycles. The fraction of sp³-hybridized carbons (Fsp3) is 1.00. The molecule has 0 bridgehead atoms. The topological polar surface area (TPSA) is 94.0 Å². The summed E-state index contributed by atoms with van der Waals surface area (Å²) in [6, 6.07) is 0.